The van der Waals surface area contributed by atoms with E-state index in [1.54, 1.807) is 12.1 Å². The quantitative estimate of drug-likeness (QED) is 0.645. The summed E-state index contributed by atoms with van der Waals surface area (Å²) in [4.78, 5) is 10.1. The molecule has 1 atom stereocenters. The van der Waals surface area contributed by atoms with E-state index in [9.17, 15) is 4.91 Å². The third-order valence-electron chi connectivity index (χ3n) is 2.32. The number of nitroso groups, excluding NO2 is 1. The van der Waals surface area contributed by atoms with Crippen molar-refractivity contribution in [2.24, 2.45) is 11.1 Å². The molecule has 0 aliphatic heterocycles. The van der Waals surface area contributed by atoms with E-state index in [2.05, 4.69) is 19.0 Å². The maximum absolute atomic E-state index is 10.1. The Labute approximate surface area is 79.0 Å². The molecule has 0 heterocycles. The van der Waals surface area contributed by atoms with Gasteiger partial charge in [-0.2, -0.15) is 0 Å². The molecule has 0 saturated heterocycles. The van der Waals surface area contributed by atoms with E-state index in [0.717, 1.165) is 6.42 Å². The first kappa shape index (κ1) is 9.90. The molecule has 0 amide bonds. The molecule has 2 heteroatoms. The molecule has 0 aromatic heterocycles. The Balaban J connectivity index is 2.63. The Morgan fingerprint density at radius 3 is 2.38 bits per heavy atom. The fourth-order valence-corrected chi connectivity index (χ4v) is 1.24. The van der Waals surface area contributed by atoms with Gasteiger partial charge in [0.2, 0.25) is 0 Å². The summed E-state index contributed by atoms with van der Waals surface area (Å²) in [5.74, 6) is 0.704. The molecule has 70 valence electrons. The van der Waals surface area contributed by atoms with Gasteiger partial charge in [0.15, 0.2) is 0 Å². The van der Waals surface area contributed by atoms with Crippen LogP contribution in [0.2, 0.25) is 0 Å². The molecule has 0 aliphatic rings. The molecule has 0 N–H and O–H groups in total. The molecule has 0 radical (unpaired) electrons. The van der Waals surface area contributed by atoms with Crippen LogP contribution in [0, 0.1) is 10.8 Å². The molecule has 0 bridgehead atoms. The van der Waals surface area contributed by atoms with Gasteiger partial charge in [0.05, 0.1) is 0 Å². The lowest BCUT2D eigenvalue weighted by Crippen LogP contribution is -1.96. The van der Waals surface area contributed by atoms with Gasteiger partial charge in [-0.3, -0.25) is 0 Å². The lowest BCUT2D eigenvalue weighted by molar-refractivity contribution is 0.560. The second kappa shape index (κ2) is 4.75. The lowest BCUT2D eigenvalue weighted by atomic mass is 9.99. The van der Waals surface area contributed by atoms with Crippen LogP contribution in [0.1, 0.15) is 25.8 Å². The summed E-state index contributed by atoms with van der Waals surface area (Å²) in [6, 6.07) is 7.49. The van der Waals surface area contributed by atoms with E-state index in [0.29, 0.717) is 11.6 Å². The summed E-state index contributed by atoms with van der Waals surface area (Å²) in [5, 5.41) is 2.86. The zero-order valence-corrected chi connectivity index (χ0v) is 8.16. The second-order valence-electron chi connectivity index (χ2n) is 3.48. The largest absolute Gasteiger partial charge is 0.145 e. The molecule has 0 spiro atoms. The summed E-state index contributed by atoms with van der Waals surface area (Å²) >= 11 is 0. The molecule has 13 heavy (non-hydrogen) atoms. The molecule has 1 rings (SSSR count). The predicted octanol–water partition coefficient (Wildman–Crippen LogP) is 3.67. The minimum Gasteiger partial charge on any atom is -0.145 e. The second-order valence-corrected chi connectivity index (χ2v) is 3.48. The average Bonchev–Trinajstić information content (AvgIpc) is 2.19. The molecular weight excluding hydrogens is 162 g/mol. The van der Waals surface area contributed by atoms with Crippen LogP contribution in [-0.2, 0) is 6.42 Å². The molecule has 1 unspecified atom stereocenters. The number of rotatable bonds is 4. The Morgan fingerprint density at radius 2 is 1.92 bits per heavy atom. The Bertz CT molecular complexity index is 266. The van der Waals surface area contributed by atoms with Gasteiger partial charge in [0.25, 0.3) is 0 Å². The maximum Gasteiger partial charge on any atom is 0.108 e. The summed E-state index contributed by atoms with van der Waals surface area (Å²) in [6.07, 6.45) is 2.27. The molecular formula is C11H15NO. The van der Waals surface area contributed by atoms with Gasteiger partial charge in [-0.25, -0.2) is 0 Å². The molecule has 0 aliphatic carbocycles. The standard InChI is InChI=1S/C11H15NO/c1-3-9(2)8-10-4-6-11(12-13)7-5-10/h4-7,9H,3,8H2,1-2H3. The number of benzene rings is 1. The lowest BCUT2D eigenvalue weighted by Gasteiger charge is -2.07. The van der Waals surface area contributed by atoms with Crippen molar-refractivity contribution >= 4 is 5.69 Å². The van der Waals surface area contributed by atoms with E-state index in [1.807, 2.05) is 12.1 Å². The average molecular weight is 177 g/mol. The summed E-state index contributed by atoms with van der Waals surface area (Å²) in [6.45, 7) is 4.41. The monoisotopic (exact) mass is 177 g/mol. The third kappa shape index (κ3) is 2.98. The van der Waals surface area contributed by atoms with Crippen LogP contribution in [0.4, 0.5) is 5.69 Å². The van der Waals surface area contributed by atoms with E-state index < -0.39 is 0 Å². The van der Waals surface area contributed by atoms with Crippen molar-refractivity contribution in [3.8, 4) is 0 Å². The highest BCUT2D eigenvalue weighted by Gasteiger charge is 2.00. The van der Waals surface area contributed by atoms with Gasteiger partial charge in [0, 0.05) is 0 Å². The number of hydrogen-bond acceptors (Lipinski definition) is 2. The van der Waals surface area contributed by atoms with Crippen LogP contribution in [0.5, 0.6) is 0 Å². The SMILES string of the molecule is CCC(C)Cc1ccc(N=O)cc1. The normalized spacial score (nSPS) is 12.5. The van der Waals surface area contributed by atoms with Crippen LogP contribution >= 0.6 is 0 Å². The van der Waals surface area contributed by atoms with Gasteiger partial charge in [0.1, 0.15) is 5.69 Å². The van der Waals surface area contributed by atoms with Crippen LogP contribution in [0.25, 0.3) is 0 Å². The molecule has 0 fully saturated rings. The first-order valence-corrected chi connectivity index (χ1v) is 4.68. The highest BCUT2D eigenvalue weighted by atomic mass is 16.3. The van der Waals surface area contributed by atoms with Crippen molar-refractivity contribution in [2.75, 3.05) is 0 Å². The van der Waals surface area contributed by atoms with Gasteiger partial charge in [-0.1, -0.05) is 32.4 Å². The zero-order chi connectivity index (χ0) is 9.68. The predicted molar refractivity (Wildman–Crippen MR) is 55.1 cm³/mol. The molecule has 1 aromatic carbocycles. The highest BCUT2D eigenvalue weighted by Crippen LogP contribution is 2.16. The Kier molecular flexibility index (Phi) is 3.62. The van der Waals surface area contributed by atoms with Crippen molar-refractivity contribution in [1.82, 2.24) is 0 Å². The Hall–Kier alpha value is -1.18. The maximum atomic E-state index is 10.1. The van der Waals surface area contributed by atoms with E-state index in [1.165, 1.54) is 12.0 Å². The van der Waals surface area contributed by atoms with Crippen molar-refractivity contribution in [3.05, 3.63) is 34.7 Å². The van der Waals surface area contributed by atoms with E-state index in [4.69, 9.17) is 0 Å². The fourth-order valence-electron chi connectivity index (χ4n) is 1.24. The van der Waals surface area contributed by atoms with Crippen LogP contribution in [-0.4, -0.2) is 0 Å². The van der Waals surface area contributed by atoms with Crippen LogP contribution in [0.3, 0.4) is 0 Å². The van der Waals surface area contributed by atoms with Crippen molar-refractivity contribution < 1.29 is 0 Å². The topological polar surface area (TPSA) is 29.4 Å². The van der Waals surface area contributed by atoms with Crippen LogP contribution < -0.4 is 0 Å². The van der Waals surface area contributed by atoms with Gasteiger partial charge < -0.3 is 0 Å². The number of hydrogen-bond donors (Lipinski definition) is 0. The summed E-state index contributed by atoms with van der Waals surface area (Å²) in [5.41, 5.74) is 1.79. The Morgan fingerprint density at radius 1 is 1.31 bits per heavy atom. The van der Waals surface area contributed by atoms with Gasteiger partial charge in [-0.05, 0) is 35.2 Å². The van der Waals surface area contributed by atoms with Gasteiger partial charge in [-0.15, -0.1) is 4.91 Å². The van der Waals surface area contributed by atoms with Crippen molar-refractivity contribution in [1.29, 1.82) is 0 Å². The van der Waals surface area contributed by atoms with Gasteiger partial charge >= 0.3 is 0 Å². The summed E-state index contributed by atoms with van der Waals surface area (Å²) < 4.78 is 0. The van der Waals surface area contributed by atoms with E-state index >= 15 is 0 Å². The fraction of sp³-hybridized carbons (Fsp3) is 0.455. The smallest absolute Gasteiger partial charge is 0.108 e. The number of nitrogens with zero attached hydrogens (tertiary/aromatic N) is 1. The minimum atomic E-state index is 0.507. The summed E-state index contributed by atoms with van der Waals surface area (Å²) in [7, 11) is 0. The van der Waals surface area contributed by atoms with E-state index in [-0.39, 0.29) is 0 Å². The first-order valence-electron chi connectivity index (χ1n) is 4.68. The van der Waals surface area contributed by atoms with Crippen molar-refractivity contribution in [3.63, 3.8) is 0 Å². The zero-order valence-electron chi connectivity index (χ0n) is 8.16. The molecule has 0 saturated carbocycles. The first-order chi connectivity index (χ1) is 6.26. The third-order valence-corrected chi connectivity index (χ3v) is 2.32. The van der Waals surface area contributed by atoms with Crippen molar-refractivity contribution in [2.45, 2.75) is 26.7 Å². The van der Waals surface area contributed by atoms with Crippen LogP contribution in [0.15, 0.2) is 29.4 Å². The highest BCUT2D eigenvalue weighted by molar-refractivity contribution is 5.38. The minimum absolute atomic E-state index is 0.507. The molecule has 2 nitrogen and oxygen atoms in total. The molecule has 1 aromatic rings.